The Labute approximate surface area is 186 Å². The molecule has 2 bridgehead atoms. The molecule has 3 aliphatic rings. The first-order chi connectivity index (χ1) is 15.3. The lowest BCUT2D eigenvalue weighted by Gasteiger charge is -2.39. The van der Waals surface area contributed by atoms with Crippen LogP contribution in [-0.4, -0.2) is 93.8 Å². The van der Waals surface area contributed by atoms with Crippen LogP contribution in [0, 0.1) is 6.92 Å². The number of fused-ring (bicyclic) bond motifs is 2. The molecule has 0 aliphatic carbocycles. The van der Waals surface area contributed by atoms with Crippen LogP contribution in [0.5, 0.6) is 0 Å². The zero-order valence-corrected chi connectivity index (χ0v) is 18.4. The second kappa shape index (κ2) is 7.67. The topological polar surface area (TPSA) is 122 Å². The fourth-order valence-electron chi connectivity index (χ4n) is 4.69. The normalized spacial score (nSPS) is 28.3. The maximum Gasteiger partial charge on any atom is 0.490 e. The van der Waals surface area contributed by atoms with Crippen molar-refractivity contribution >= 4 is 27.5 Å². The number of carbonyl (C=O) groups is 2. The van der Waals surface area contributed by atoms with Crippen molar-refractivity contribution in [1.82, 2.24) is 18.6 Å². The van der Waals surface area contributed by atoms with Crippen molar-refractivity contribution in [2.45, 2.75) is 36.5 Å². The molecule has 3 aliphatic heterocycles. The monoisotopic (exact) mass is 490 g/mol. The molecule has 5 rings (SSSR count). The molecule has 1 amide bonds. The molecule has 0 radical (unpaired) electrons. The number of aromatic nitrogens is 2. The van der Waals surface area contributed by atoms with Crippen LogP contribution in [-0.2, 0) is 19.6 Å². The minimum Gasteiger partial charge on any atom is -0.475 e. The van der Waals surface area contributed by atoms with Crippen molar-refractivity contribution < 1.29 is 41.0 Å². The summed E-state index contributed by atoms with van der Waals surface area (Å²) in [5.74, 6) is -2.92. The molecule has 10 nitrogen and oxygen atoms in total. The molecule has 1 N–H and O–H groups in total. The van der Waals surface area contributed by atoms with Gasteiger partial charge >= 0.3 is 12.1 Å². The lowest BCUT2D eigenvalue weighted by Crippen LogP contribution is -2.56. The van der Waals surface area contributed by atoms with Gasteiger partial charge < -0.3 is 19.1 Å². The van der Waals surface area contributed by atoms with E-state index in [2.05, 4.69) is 4.98 Å². The van der Waals surface area contributed by atoms with E-state index < -0.39 is 33.0 Å². The van der Waals surface area contributed by atoms with E-state index in [1.165, 1.54) is 4.31 Å². The largest absolute Gasteiger partial charge is 0.490 e. The number of hydrogen-bond donors (Lipinski definition) is 1. The Bertz CT molecular complexity index is 1230. The van der Waals surface area contributed by atoms with Crippen molar-refractivity contribution in [3.63, 3.8) is 0 Å². The van der Waals surface area contributed by atoms with E-state index in [4.69, 9.17) is 14.6 Å². The lowest BCUT2D eigenvalue weighted by atomic mass is 9.99. The van der Waals surface area contributed by atoms with Crippen molar-refractivity contribution in [1.29, 1.82) is 0 Å². The number of pyridine rings is 1. The van der Waals surface area contributed by atoms with Gasteiger partial charge in [0.1, 0.15) is 22.2 Å². The Morgan fingerprint density at radius 1 is 1.27 bits per heavy atom. The number of carbonyl (C=O) groups excluding carboxylic acids is 1. The molecule has 0 aromatic carbocycles. The average molecular weight is 490 g/mol. The second-order valence-electron chi connectivity index (χ2n) is 8.29. The fraction of sp³-hybridized carbons (Fsp3) is 0.526. The van der Waals surface area contributed by atoms with Crippen LogP contribution in [0.15, 0.2) is 24.4 Å². The Morgan fingerprint density at radius 3 is 2.55 bits per heavy atom. The van der Waals surface area contributed by atoms with Crippen molar-refractivity contribution in [3.05, 3.63) is 35.8 Å². The summed E-state index contributed by atoms with van der Waals surface area (Å²) in [4.78, 5) is 28.3. The number of hydrogen-bond acceptors (Lipinski definition) is 6. The van der Waals surface area contributed by atoms with Crippen molar-refractivity contribution in [3.8, 4) is 0 Å². The molecular weight excluding hydrogens is 469 g/mol. The van der Waals surface area contributed by atoms with Gasteiger partial charge in [0, 0.05) is 26.3 Å². The standard InChI is InChI=1S/C17H20N4O4S.C2HF3O2/c1-11-15(18-14-5-3-4-6-21(11)14)16(22)20-8-12-7-13-17(10-20,25-12)9-19(2)26(13,23)24;3-2(4,5)1(6)7/h3-6,12-13H,7-10H2,1-2H3;(H,6,7)/t12-,13+,17?;/m1./s1. The van der Waals surface area contributed by atoms with Crippen LogP contribution in [0.3, 0.4) is 0 Å². The number of sulfonamides is 1. The third-order valence-electron chi connectivity index (χ3n) is 6.13. The molecule has 1 unspecified atom stereocenters. The number of likely N-dealkylation sites (N-methyl/N-ethyl adjacent to an activating group) is 1. The van der Waals surface area contributed by atoms with Gasteiger partial charge in [-0.15, -0.1) is 0 Å². The summed E-state index contributed by atoms with van der Waals surface area (Å²) in [6.07, 6.45) is -3.00. The number of imidazole rings is 1. The zero-order valence-electron chi connectivity index (χ0n) is 17.6. The van der Waals surface area contributed by atoms with Gasteiger partial charge in [0.25, 0.3) is 5.91 Å². The van der Waals surface area contributed by atoms with Gasteiger partial charge in [-0.25, -0.2) is 22.5 Å². The van der Waals surface area contributed by atoms with E-state index in [0.717, 1.165) is 11.3 Å². The number of nitrogens with zero attached hydrogens (tertiary/aromatic N) is 4. The highest BCUT2D eigenvalue weighted by atomic mass is 32.2. The quantitative estimate of drug-likeness (QED) is 0.631. The molecule has 1 spiro atoms. The number of carboxylic acids is 1. The maximum atomic E-state index is 13.2. The average Bonchev–Trinajstić information content (AvgIpc) is 3.26. The Balaban J connectivity index is 0.000000325. The summed E-state index contributed by atoms with van der Waals surface area (Å²) in [6.45, 7) is 2.86. The molecule has 3 atom stereocenters. The van der Waals surface area contributed by atoms with Gasteiger partial charge in [0.15, 0.2) is 0 Å². The smallest absolute Gasteiger partial charge is 0.475 e. The van der Waals surface area contributed by atoms with E-state index in [1.54, 1.807) is 11.9 Å². The molecule has 0 saturated carbocycles. The highest BCUT2D eigenvalue weighted by molar-refractivity contribution is 7.90. The number of aryl methyl sites for hydroxylation is 1. The van der Waals surface area contributed by atoms with Crippen LogP contribution in [0.4, 0.5) is 13.2 Å². The highest BCUT2D eigenvalue weighted by Gasteiger charge is 2.64. The summed E-state index contributed by atoms with van der Waals surface area (Å²) >= 11 is 0. The predicted molar refractivity (Wildman–Crippen MR) is 107 cm³/mol. The number of alkyl halides is 3. The summed E-state index contributed by atoms with van der Waals surface area (Å²) in [5, 5.41) is 6.56. The second-order valence-corrected chi connectivity index (χ2v) is 10.5. The van der Waals surface area contributed by atoms with E-state index in [0.29, 0.717) is 25.2 Å². The number of likely N-dealkylation sites (tertiary alicyclic amines) is 1. The number of amides is 1. The molecular formula is C19H21F3N4O6S. The fourth-order valence-corrected chi connectivity index (χ4v) is 6.72. The highest BCUT2D eigenvalue weighted by Crippen LogP contribution is 2.46. The van der Waals surface area contributed by atoms with Gasteiger partial charge in [-0.3, -0.25) is 4.79 Å². The third kappa shape index (κ3) is 3.85. The Kier molecular flexibility index (Phi) is 5.45. The van der Waals surface area contributed by atoms with Gasteiger partial charge in [-0.1, -0.05) is 6.07 Å². The SMILES string of the molecule is Cc1c(C(=O)N2C[C@H]3C[C@H]4C(C2)(CN(C)S4(=O)=O)O3)nc2ccccn12.O=C(O)C(F)(F)F. The van der Waals surface area contributed by atoms with Crippen LogP contribution in [0.2, 0.25) is 0 Å². The van der Waals surface area contributed by atoms with E-state index in [-0.39, 0.29) is 18.6 Å². The van der Waals surface area contributed by atoms with E-state index >= 15 is 0 Å². The molecule has 180 valence electrons. The zero-order chi connectivity index (χ0) is 24.3. The molecule has 3 saturated heterocycles. The summed E-state index contributed by atoms with van der Waals surface area (Å²) in [5.41, 5.74) is 1.11. The molecule has 14 heteroatoms. The van der Waals surface area contributed by atoms with Crippen molar-refractivity contribution in [2.75, 3.05) is 26.7 Å². The van der Waals surface area contributed by atoms with Crippen LogP contribution in [0.25, 0.3) is 5.65 Å². The number of rotatable bonds is 1. The van der Waals surface area contributed by atoms with Gasteiger partial charge in [0.2, 0.25) is 10.0 Å². The van der Waals surface area contributed by atoms with Crippen molar-refractivity contribution in [2.24, 2.45) is 0 Å². The van der Waals surface area contributed by atoms with Crippen LogP contribution < -0.4 is 0 Å². The third-order valence-corrected chi connectivity index (χ3v) is 8.47. The minimum absolute atomic E-state index is 0.161. The molecule has 3 fully saturated rings. The van der Waals surface area contributed by atoms with Gasteiger partial charge in [-0.2, -0.15) is 13.2 Å². The maximum absolute atomic E-state index is 13.2. The number of carboxylic acid groups (broad SMARTS) is 1. The summed E-state index contributed by atoms with van der Waals surface area (Å²) in [6, 6.07) is 5.64. The molecule has 5 heterocycles. The van der Waals surface area contributed by atoms with Crippen LogP contribution >= 0.6 is 0 Å². The lowest BCUT2D eigenvalue weighted by molar-refractivity contribution is -0.192. The first kappa shape index (κ1) is 23.4. The number of aliphatic carboxylic acids is 1. The number of morpholine rings is 1. The van der Waals surface area contributed by atoms with Gasteiger partial charge in [-0.05, 0) is 25.5 Å². The summed E-state index contributed by atoms with van der Waals surface area (Å²) in [7, 11) is -1.78. The van der Waals surface area contributed by atoms with Crippen LogP contribution in [0.1, 0.15) is 22.6 Å². The van der Waals surface area contributed by atoms with E-state index in [9.17, 15) is 26.4 Å². The summed E-state index contributed by atoms with van der Waals surface area (Å²) < 4.78 is 66.2. The predicted octanol–water partition coefficient (Wildman–Crippen LogP) is 0.903. The first-order valence-electron chi connectivity index (χ1n) is 9.92. The first-order valence-corrected chi connectivity index (χ1v) is 11.4. The minimum atomic E-state index is -5.08. The number of halogens is 3. The number of ether oxygens (including phenoxy) is 1. The Hall–Kier alpha value is -2.71. The van der Waals surface area contributed by atoms with E-state index in [1.807, 2.05) is 35.7 Å². The Morgan fingerprint density at radius 2 is 1.94 bits per heavy atom. The molecule has 2 aromatic heterocycles. The van der Waals surface area contributed by atoms with Gasteiger partial charge in [0.05, 0.1) is 18.3 Å². The molecule has 33 heavy (non-hydrogen) atoms. The molecule has 2 aromatic rings.